The molecule has 1 aliphatic carbocycles. The van der Waals surface area contributed by atoms with Crippen molar-refractivity contribution in [3.63, 3.8) is 0 Å². The van der Waals surface area contributed by atoms with Gasteiger partial charge in [-0.25, -0.2) is 0 Å². The van der Waals surface area contributed by atoms with Crippen LogP contribution in [0.1, 0.15) is 12.8 Å². The van der Waals surface area contributed by atoms with Gasteiger partial charge < -0.3 is 4.57 Å². The van der Waals surface area contributed by atoms with Crippen molar-refractivity contribution in [1.29, 1.82) is 0 Å². The summed E-state index contributed by atoms with van der Waals surface area (Å²) in [7, 11) is -3.34. The fourth-order valence-corrected chi connectivity index (χ4v) is 5.09. The van der Waals surface area contributed by atoms with Crippen molar-refractivity contribution >= 4 is 23.3 Å². The predicted octanol–water partition coefficient (Wildman–Crippen LogP) is 3.80. The van der Waals surface area contributed by atoms with Gasteiger partial charge in [0.2, 0.25) is 12.7 Å². The summed E-state index contributed by atoms with van der Waals surface area (Å²) < 4.78 is 13.8. The lowest BCUT2D eigenvalue weighted by Gasteiger charge is -2.19. The molecule has 1 aliphatic rings. The molecule has 0 saturated carbocycles. The molecule has 0 fully saturated rings. The lowest BCUT2D eigenvalue weighted by atomic mass is 10.1. The Morgan fingerprint density at radius 3 is 1.82 bits per heavy atom. The predicted molar refractivity (Wildman–Crippen MR) is 91.2 cm³/mol. The molecule has 2 aromatic carbocycles. The third-order valence-corrected chi connectivity index (χ3v) is 6.65. The SMILES string of the molecule is O=C(C1=CCCC=C1)P(=O)(c1ccccc1)c1ccccc1. The zero-order valence-electron chi connectivity index (χ0n) is 12.2. The maximum Gasteiger partial charge on any atom is 0.229 e. The molecule has 0 unspecified atom stereocenters. The first-order valence-corrected chi connectivity index (χ1v) is 9.06. The maximum atomic E-state index is 13.8. The summed E-state index contributed by atoms with van der Waals surface area (Å²) in [5.74, 6) is 0. The number of hydrogen-bond acceptors (Lipinski definition) is 2. The first kappa shape index (κ1) is 14.7. The number of benzene rings is 2. The molecule has 0 aromatic heterocycles. The molecule has 0 spiro atoms. The van der Waals surface area contributed by atoms with Crippen LogP contribution >= 0.6 is 7.14 Å². The maximum absolute atomic E-state index is 13.8. The second-order valence-electron chi connectivity index (χ2n) is 5.22. The van der Waals surface area contributed by atoms with E-state index in [2.05, 4.69) is 0 Å². The van der Waals surface area contributed by atoms with Gasteiger partial charge in [0.25, 0.3) is 0 Å². The molecule has 110 valence electrons. The van der Waals surface area contributed by atoms with Crippen LogP contribution in [0.25, 0.3) is 0 Å². The van der Waals surface area contributed by atoms with Gasteiger partial charge in [0.15, 0.2) is 0 Å². The average Bonchev–Trinajstić information content (AvgIpc) is 2.62. The largest absolute Gasteiger partial charge is 0.305 e. The second-order valence-corrected chi connectivity index (χ2v) is 7.88. The van der Waals surface area contributed by atoms with Crippen LogP contribution in [0.5, 0.6) is 0 Å². The highest BCUT2D eigenvalue weighted by molar-refractivity contribution is 7.93. The van der Waals surface area contributed by atoms with Gasteiger partial charge in [-0.15, -0.1) is 0 Å². The number of carbonyl (C=O) groups excluding carboxylic acids is 1. The van der Waals surface area contributed by atoms with Crippen molar-refractivity contribution < 1.29 is 9.36 Å². The Balaban J connectivity index is 2.16. The Morgan fingerprint density at radius 2 is 1.36 bits per heavy atom. The minimum absolute atomic E-state index is 0.277. The van der Waals surface area contributed by atoms with E-state index in [1.54, 1.807) is 30.3 Å². The third kappa shape index (κ3) is 2.63. The van der Waals surface area contributed by atoms with Gasteiger partial charge in [-0.2, -0.15) is 0 Å². The van der Waals surface area contributed by atoms with Crippen LogP contribution in [0.3, 0.4) is 0 Å². The lowest BCUT2D eigenvalue weighted by molar-refractivity contribution is -0.108. The number of carbonyl (C=O) groups is 1. The lowest BCUT2D eigenvalue weighted by Crippen LogP contribution is -2.23. The van der Waals surface area contributed by atoms with E-state index in [4.69, 9.17) is 0 Å². The molecule has 0 radical (unpaired) electrons. The molecule has 3 rings (SSSR count). The van der Waals surface area contributed by atoms with Gasteiger partial charge >= 0.3 is 0 Å². The molecule has 0 amide bonds. The molecule has 0 saturated heterocycles. The van der Waals surface area contributed by atoms with Crippen LogP contribution in [0.4, 0.5) is 0 Å². The number of allylic oxidation sites excluding steroid dienone is 4. The summed E-state index contributed by atoms with van der Waals surface area (Å²) in [4.78, 5) is 13.0. The smallest absolute Gasteiger partial charge is 0.229 e. The fourth-order valence-electron chi connectivity index (χ4n) is 2.61. The fraction of sp³-hybridized carbons (Fsp3) is 0.105. The Bertz CT molecular complexity index is 730. The Kier molecular flexibility index (Phi) is 4.22. The van der Waals surface area contributed by atoms with Crippen LogP contribution in [-0.2, 0) is 9.36 Å². The summed E-state index contributed by atoms with van der Waals surface area (Å²) in [6.45, 7) is 0. The Morgan fingerprint density at radius 1 is 0.818 bits per heavy atom. The van der Waals surface area contributed by atoms with E-state index in [0.717, 1.165) is 12.8 Å². The van der Waals surface area contributed by atoms with Gasteiger partial charge in [0.05, 0.1) is 0 Å². The molecule has 22 heavy (non-hydrogen) atoms. The van der Waals surface area contributed by atoms with Crippen LogP contribution in [-0.4, -0.2) is 5.52 Å². The monoisotopic (exact) mass is 308 g/mol. The molecule has 2 nitrogen and oxygen atoms in total. The van der Waals surface area contributed by atoms with Crippen LogP contribution in [0, 0.1) is 0 Å². The Labute approximate surface area is 130 Å². The highest BCUT2D eigenvalue weighted by Crippen LogP contribution is 2.47. The van der Waals surface area contributed by atoms with Crippen LogP contribution in [0.15, 0.2) is 84.5 Å². The van der Waals surface area contributed by atoms with Crippen molar-refractivity contribution in [2.45, 2.75) is 12.8 Å². The topological polar surface area (TPSA) is 34.1 Å². The van der Waals surface area contributed by atoms with Gasteiger partial charge in [0.1, 0.15) is 0 Å². The van der Waals surface area contributed by atoms with Crippen molar-refractivity contribution in [2.75, 3.05) is 0 Å². The molecule has 0 bridgehead atoms. The highest BCUT2D eigenvalue weighted by atomic mass is 31.2. The van der Waals surface area contributed by atoms with E-state index in [-0.39, 0.29) is 5.52 Å². The molecule has 0 aliphatic heterocycles. The number of rotatable bonds is 4. The number of hydrogen-bond donors (Lipinski definition) is 0. The molecule has 2 aromatic rings. The summed E-state index contributed by atoms with van der Waals surface area (Å²) in [6.07, 6.45) is 7.40. The van der Waals surface area contributed by atoms with Crippen molar-refractivity contribution in [3.8, 4) is 0 Å². The molecule has 0 heterocycles. The molecular formula is C19H17O2P. The van der Waals surface area contributed by atoms with E-state index < -0.39 is 7.14 Å². The molecular weight excluding hydrogens is 291 g/mol. The van der Waals surface area contributed by atoms with Gasteiger partial charge in [-0.1, -0.05) is 78.9 Å². The zero-order valence-corrected chi connectivity index (χ0v) is 13.1. The van der Waals surface area contributed by atoms with Crippen molar-refractivity contribution in [2.24, 2.45) is 0 Å². The standard InChI is InChI=1S/C19H17O2P/c20-19(16-10-4-1-5-11-16)22(21,17-12-6-2-7-13-17)18-14-8-3-9-15-18/h2-4,6-15H,1,5H2. The molecule has 0 N–H and O–H groups in total. The van der Waals surface area contributed by atoms with E-state index in [9.17, 15) is 9.36 Å². The van der Waals surface area contributed by atoms with Crippen LogP contribution in [0.2, 0.25) is 0 Å². The van der Waals surface area contributed by atoms with E-state index >= 15 is 0 Å². The molecule has 0 atom stereocenters. The van der Waals surface area contributed by atoms with E-state index in [1.807, 2.05) is 48.6 Å². The highest BCUT2D eigenvalue weighted by Gasteiger charge is 2.36. The normalized spacial score (nSPS) is 14.5. The minimum atomic E-state index is -3.34. The van der Waals surface area contributed by atoms with Crippen molar-refractivity contribution in [1.82, 2.24) is 0 Å². The third-order valence-electron chi connectivity index (χ3n) is 3.77. The summed E-state index contributed by atoms with van der Waals surface area (Å²) in [5.41, 5.74) is 0.281. The zero-order chi connectivity index (χ0) is 15.4. The van der Waals surface area contributed by atoms with Gasteiger partial charge in [-0.3, -0.25) is 4.79 Å². The average molecular weight is 308 g/mol. The quantitative estimate of drug-likeness (QED) is 0.805. The van der Waals surface area contributed by atoms with Gasteiger partial charge in [-0.05, 0) is 12.8 Å². The Hall–Kier alpha value is -2.18. The first-order chi connectivity index (χ1) is 10.7. The second kappa shape index (κ2) is 6.29. The minimum Gasteiger partial charge on any atom is -0.305 e. The molecule has 3 heteroatoms. The van der Waals surface area contributed by atoms with E-state index in [0.29, 0.717) is 16.2 Å². The van der Waals surface area contributed by atoms with E-state index in [1.165, 1.54) is 0 Å². The van der Waals surface area contributed by atoms with Crippen molar-refractivity contribution in [3.05, 3.63) is 84.5 Å². The first-order valence-electron chi connectivity index (χ1n) is 7.36. The van der Waals surface area contributed by atoms with Crippen LogP contribution < -0.4 is 10.6 Å². The summed E-state index contributed by atoms with van der Waals surface area (Å²) in [6, 6.07) is 18.1. The summed E-state index contributed by atoms with van der Waals surface area (Å²) in [5, 5.41) is 1.18. The van der Waals surface area contributed by atoms with Gasteiger partial charge in [0, 0.05) is 16.2 Å². The summed E-state index contributed by atoms with van der Waals surface area (Å²) >= 11 is 0.